The van der Waals surface area contributed by atoms with Crippen molar-refractivity contribution >= 4 is 47.5 Å². The van der Waals surface area contributed by atoms with E-state index in [1.165, 1.54) is 7.11 Å². The molecule has 0 aliphatic carbocycles. The quantitative estimate of drug-likeness (QED) is 0.228. The number of guanidine groups is 1. The molecule has 0 spiro atoms. The molecule has 0 amide bonds. The van der Waals surface area contributed by atoms with Gasteiger partial charge in [0.2, 0.25) is 5.88 Å². The molecule has 1 N–H and O–H groups in total. The van der Waals surface area contributed by atoms with Crippen LogP contribution in [0.3, 0.4) is 0 Å². The zero-order valence-electron chi connectivity index (χ0n) is 14.6. The van der Waals surface area contributed by atoms with Gasteiger partial charge in [-0.3, -0.25) is 9.79 Å². The Hall–Kier alpha value is -1.29. The van der Waals surface area contributed by atoms with Crippen LogP contribution in [0.15, 0.2) is 23.3 Å². The maximum absolute atomic E-state index is 11.8. The van der Waals surface area contributed by atoms with E-state index in [-0.39, 0.29) is 41.8 Å². The van der Waals surface area contributed by atoms with E-state index in [2.05, 4.69) is 20.2 Å². The summed E-state index contributed by atoms with van der Waals surface area (Å²) in [6, 6.07) is 3.48. The molecule has 25 heavy (non-hydrogen) atoms. The van der Waals surface area contributed by atoms with Crippen molar-refractivity contribution in [3.05, 3.63) is 23.4 Å². The molecule has 1 saturated heterocycles. The molecule has 0 radical (unpaired) electrons. The Morgan fingerprint density at radius 3 is 2.92 bits per heavy atom. The van der Waals surface area contributed by atoms with E-state index < -0.39 is 0 Å². The first-order valence-corrected chi connectivity index (χ1v) is 8.21. The number of methoxy groups -OCH3 is 1. The fourth-order valence-electron chi connectivity index (χ4n) is 2.72. The van der Waals surface area contributed by atoms with Gasteiger partial charge in [0.05, 0.1) is 19.6 Å². The minimum absolute atomic E-state index is 0. The van der Waals surface area contributed by atoms with E-state index in [1.54, 1.807) is 25.4 Å². The second-order valence-electron chi connectivity index (χ2n) is 5.62. The molecule has 0 saturated carbocycles. The molecular weight excluding hydrogens is 459 g/mol. The molecule has 1 aromatic heterocycles. The van der Waals surface area contributed by atoms with Gasteiger partial charge in [0.15, 0.2) is 5.96 Å². The predicted octanol–water partition coefficient (Wildman–Crippen LogP) is 2.05. The number of rotatable bonds is 5. The lowest BCUT2D eigenvalue weighted by Gasteiger charge is -2.21. The van der Waals surface area contributed by atoms with Gasteiger partial charge in [0.1, 0.15) is 11.6 Å². The summed E-state index contributed by atoms with van der Waals surface area (Å²) >= 11 is 5.99. The molecule has 0 aromatic carbocycles. The van der Waals surface area contributed by atoms with Gasteiger partial charge in [-0.25, -0.2) is 4.98 Å². The maximum Gasteiger partial charge on any atom is 0.310 e. The van der Waals surface area contributed by atoms with Gasteiger partial charge in [0, 0.05) is 26.3 Å². The third-order valence-electron chi connectivity index (χ3n) is 3.98. The first kappa shape index (κ1) is 21.8. The third-order valence-corrected chi connectivity index (χ3v) is 4.26. The number of aliphatic imine (C=N–C) groups is 1. The predicted molar refractivity (Wildman–Crippen MR) is 108 cm³/mol. The van der Waals surface area contributed by atoms with Gasteiger partial charge >= 0.3 is 5.97 Å². The first-order valence-electron chi connectivity index (χ1n) is 7.83. The van der Waals surface area contributed by atoms with Crippen molar-refractivity contribution < 1.29 is 14.3 Å². The number of esters is 1. The lowest BCUT2D eigenvalue weighted by molar-refractivity contribution is -0.145. The Morgan fingerprint density at radius 2 is 2.28 bits per heavy atom. The number of nitrogens with one attached hydrogen (secondary N) is 1. The molecule has 1 aliphatic rings. The second kappa shape index (κ2) is 10.6. The highest BCUT2D eigenvalue weighted by molar-refractivity contribution is 14.0. The molecule has 9 heteroatoms. The minimum Gasteiger partial charge on any atom is -0.475 e. The molecule has 1 aromatic rings. The van der Waals surface area contributed by atoms with Crippen LogP contribution in [-0.2, 0) is 9.53 Å². The molecular formula is C16H24ClIN4O3. The number of likely N-dealkylation sites (tertiary alicyclic amines) is 1. The van der Waals surface area contributed by atoms with Gasteiger partial charge in [0.25, 0.3) is 0 Å². The average molecular weight is 483 g/mol. The molecule has 2 heterocycles. The van der Waals surface area contributed by atoms with Crippen LogP contribution in [0.25, 0.3) is 0 Å². The maximum atomic E-state index is 11.8. The summed E-state index contributed by atoms with van der Waals surface area (Å²) in [5, 5.41) is 3.71. The smallest absolute Gasteiger partial charge is 0.310 e. The number of hydrogen-bond donors (Lipinski definition) is 1. The Balaban J connectivity index is 0.00000312. The summed E-state index contributed by atoms with van der Waals surface area (Å²) in [6.45, 7) is 4.35. The van der Waals surface area contributed by atoms with Crippen LogP contribution in [0.1, 0.15) is 6.92 Å². The van der Waals surface area contributed by atoms with E-state index in [4.69, 9.17) is 21.1 Å². The highest BCUT2D eigenvalue weighted by Gasteiger charge is 2.36. The molecule has 2 rings (SSSR count). The standard InChI is InChI=1S/C16H23ClN4O3.HI/c1-11-9-21(10-12(11)15(22)23-3)16(18-2)20-7-8-24-14-13(17)5-4-6-19-14;/h4-6,11-12H,7-10H2,1-3H3,(H,18,20);1H. The zero-order chi connectivity index (χ0) is 17.5. The van der Waals surface area contributed by atoms with E-state index in [1.807, 2.05) is 6.92 Å². The minimum atomic E-state index is -0.173. The lowest BCUT2D eigenvalue weighted by atomic mass is 9.99. The highest BCUT2D eigenvalue weighted by atomic mass is 127. The van der Waals surface area contributed by atoms with Crippen LogP contribution < -0.4 is 10.1 Å². The molecule has 7 nitrogen and oxygen atoms in total. The largest absolute Gasteiger partial charge is 0.475 e. The lowest BCUT2D eigenvalue weighted by Crippen LogP contribution is -2.42. The molecule has 0 bridgehead atoms. The Kier molecular flexibility index (Phi) is 9.26. The summed E-state index contributed by atoms with van der Waals surface area (Å²) < 4.78 is 10.4. The van der Waals surface area contributed by atoms with Gasteiger partial charge in [-0.2, -0.15) is 0 Å². The summed E-state index contributed by atoms with van der Waals surface area (Å²) in [5.41, 5.74) is 0. The number of pyridine rings is 1. The Labute approximate surface area is 170 Å². The van der Waals surface area contributed by atoms with Gasteiger partial charge in [-0.1, -0.05) is 18.5 Å². The van der Waals surface area contributed by atoms with Crippen molar-refractivity contribution in [2.75, 3.05) is 40.4 Å². The topological polar surface area (TPSA) is 76.1 Å². The van der Waals surface area contributed by atoms with Crippen LogP contribution in [0.5, 0.6) is 5.88 Å². The molecule has 2 atom stereocenters. The summed E-state index contributed by atoms with van der Waals surface area (Å²) in [7, 11) is 3.14. The van der Waals surface area contributed by atoms with Gasteiger partial charge in [-0.05, 0) is 18.1 Å². The second-order valence-corrected chi connectivity index (χ2v) is 6.03. The van der Waals surface area contributed by atoms with Crippen LogP contribution in [0.4, 0.5) is 0 Å². The van der Waals surface area contributed by atoms with Crippen molar-refractivity contribution in [2.24, 2.45) is 16.8 Å². The molecule has 1 aliphatic heterocycles. The van der Waals surface area contributed by atoms with Crippen LogP contribution in [0, 0.1) is 11.8 Å². The van der Waals surface area contributed by atoms with E-state index in [0.717, 1.165) is 12.5 Å². The Bertz CT molecular complexity index is 602. The van der Waals surface area contributed by atoms with Crippen molar-refractivity contribution in [3.63, 3.8) is 0 Å². The fraction of sp³-hybridized carbons (Fsp3) is 0.562. The van der Waals surface area contributed by atoms with Crippen molar-refractivity contribution in [3.8, 4) is 5.88 Å². The number of carbonyl (C=O) groups excluding carboxylic acids is 1. The van der Waals surface area contributed by atoms with Gasteiger partial charge in [-0.15, -0.1) is 24.0 Å². The van der Waals surface area contributed by atoms with Crippen LogP contribution in [-0.4, -0.2) is 62.2 Å². The fourth-order valence-corrected chi connectivity index (χ4v) is 2.89. The molecule has 2 unspecified atom stereocenters. The first-order chi connectivity index (χ1) is 11.6. The number of aromatic nitrogens is 1. The van der Waals surface area contributed by atoms with E-state index in [0.29, 0.717) is 30.6 Å². The number of halogens is 2. The van der Waals surface area contributed by atoms with Crippen LogP contribution in [0.2, 0.25) is 5.02 Å². The summed E-state index contributed by atoms with van der Waals surface area (Å²) in [5.74, 6) is 1.07. The highest BCUT2D eigenvalue weighted by Crippen LogP contribution is 2.24. The van der Waals surface area contributed by atoms with E-state index >= 15 is 0 Å². The normalized spacial score (nSPS) is 20.0. The van der Waals surface area contributed by atoms with Crippen molar-refractivity contribution in [2.45, 2.75) is 6.92 Å². The zero-order valence-corrected chi connectivity index (χ0v) is 17.7. The number of carbonyl (C=O) groups is 1. The van der Waals surface area contributed by atoms with Crippen molar-refractivity contribution in [1.82, 2.24) is 15.2 Å². The van der Waals surface area contributed by atoms with Crippen LogP contribution >= 0.6 is 35.6 Å². The monoisotopic (exact) mass is 482 g/mol. The molecule has 1 fully saturated rings. The average Bonchev–Trinajstić information content (AvgIpc) is 2.97. The SMILES string of the molecule is CN=C(NCCOc1ncccc1Cl)N1CC(C)C(C(=O)OC)C1.I. The number of nitrogens with zero attached hydrogens (tertiary/aromatic N) is 3. The summed E-state index contributed by atoms with van der Waals surface area (Å²) in [4.78, 5) is 22.2. The van der Waals surface area contributed by atoms with Crippen molar-refractivity contribution in [1.29, 1.82) is 0 Å². The summed E-state index contributed by atoms with van der Waals surface area (Å²) in [6.07, 6.45) is 1.63. The van der Waals surface area contributed by atoms with Gasteiger partial charge < -0.3 is 19.7 Å². The van der Waals surface area contributed by atoms with E-state index in [9.17, 15) is 4.79 Å². The number of ether oxygens (including phenoxy) is 2. The molecule has 140 valence electrons. The number of hydrogen-bond acceptors (Lipinski definition) is 5. The third kappa shape index (κ3) is 5.88. The Morgan fingerprint density at radius 1 is 1.52 bits per heavy atom.